The monoisotopic (exact) mass is 497 g/mol. The summed E-state index contributed by atoms with van der Waals surface area (Å²) in [5.74, 6) is 0.307. The van der Waals surface area contributed by atoms with E-state index in [9.17, 15) is 9.18 Å². The number of piperidine rings is 1. The lowest BCUT2D eigenvalue weighted by atomic mass is 9.97. The Labute approximate surface area is 176 Å². The molecule has 0 amide bonds. The Morgan fingerprint density at radius 1 is 1.42 bits per heavy atom. The number of nitrogens with zero attached hydrogens (tertiary/aromatic N) is 2. The molecule has 1 saturated heterocycles. The van der Waals surface area contributed by atoms with Crippen LogP contribution < -0.4 is 5.32 Å². The van der Waals surface area contributed by atoms with Crippen LogP contribution in [0.5, 0.6) is 0 Å². The number of esters is 1. The van der Waals surface area contributed by atoms with Gasteiger partial charge in [0.1, 0.15) is 5.82 Å². The number of nitrogens with one attached hydrogen (secondary N) is 1. The Morgan fingerprint density at radius 2 is 2.12 bits per heavy atom. The van der Waals surface area contributed by atoms with E-state index in [1.807, 2.05) is 6.92 Å². The average Bonchev–Trinajstić information content (AvgIpc) is 2.63. The van der Waals surface area contributed by atoms with Crippen molar-refractivity contribution < 1.29 is 13.9 Å². The molecule has 0 aromatic heterocycles. The van der Waals surface area contributed by atoms with Gasteiger partial charge < -0.3 is 15.0 Å². The minimum atomic E-state index is -0.299. The van der Waals surface area contributed by atoms with Crippen LogP contribution in [-0.4, -0.2) is 50.1 Å². The number of carbonyl (C=O) groups is 1. The zero-order chi connectivity index (χ0) is 18.2. The molecule has 1 aromatic rings. The fraction of sp³-hybridized carbons (Fsp3) is 0.556. The van der Waals surface area contributed by atoms with Gasteiger partial charge in [-0.1, -0.05) is 17.7 Å². The third-order valence-electron chi connectivity index (χ3n) is 4.35. The summed E-state index contributed by atoms with van der Waals surface area (Å²) in [6.07, 6.45) is 1.94. The van der Waals surface area contributed by atoms with E-state index in [0.717, 1.165) is 38.4 Å². The lowest BCUT2D eigenvalue weighted by Crippen LogP contribution is -2.46. The van der Waals surface area contributed by atoms with Gasteiger partial charge in [-0.15, -0.1) is 24.0 Å². The maximum absolute atomic E-state index is 13.8. The van der Waals surface area contributed by atoms with E-state index in [2.05, 4.69) is 15.2 Å². The highest BCUT2D eigenvalue weighted by molar-refractivity contribution is 14.0. The highest BCUT2D eigenvalue weighted by Gasteiger charge is 2.26. The van der Waals surface area contributed by atoms with E-state index in [-0.39, 0.29) is 41.7 Å². The largest absolute Gasteiger partial charge is 0.469 e. The molecule has 1 fully saturated rings. The van der Waals surface area contributed by atoms with Crippen LogP contribution in [0.25, 0.3) is 0 Å². The number of carbonyl (C=O) groups excluding carboxylic acids is 1. The summed E-state index contributed by atoms with van der Waals surface area (Å²) >= 11 is 6.06. The Bertz CT molecular complexity index is 602. The average molecular weight is 498 g/mol. The van der Waals surface area contributed by atoms with E-state index in [0.29, 0.717) is 23.6 Å². The summed E-state index contributed by atoms with van der Waals surface area (Å²) in [5, 5.41) is 3.69. The highest BCUT2D eigenvalue weighted by atomic mass is 127. The summed E-state index contributed by atoms with van der Waals surface area (Å²) in [6.45, 7) is 4.68. The summed E-state index contributed by atoms with van der Waals surface area (Å²) in [5.41, 5.74) is 0.494. The van der Waals surface area contributed by atoms with Gasteiger partial charge in [0.15, 0.2) is 5.96 Å². The molecule has 1 aliphatic heterocycles. The molecule has 26 heavy (non-hydrogen) atoms. The van der Waals surface area contributed by atoms with Crippen LogP contribution in [0.15, 0.2) is 23.2 Å². The van der Waals surface area contributed by atoms with E-state index >= 15 is 0 Å². The zero-order valence-electron chi connectivity index (χ0n) is 15.1. The van der Waals surface area contributed by atoms with Crippen molar-refractivity contribution in [3.8, 4) is 0 Å². The number of ether oxygens (including phenoxy) is 1. The molecule has 0 bridgehead atoms. The van der Waals surface area contributed by atoms with Gasteiger partial charge in [-0.05, 0) is 38.3 Å². The first-order chi connectivity index (χ1) is 12.1. The first kappa shape index (κ1) is 23.0. The second-order valence-electron chi connectivity index (χ2n) is 5.97. The van der Waals surface area contributed by atoms with Gasteiger partial charge in [0.2, 0.25) is 0 Å². The van der Waals surface area contributed by atoms with Crippen molar-refractivity contribution in [2.45, 2.75) is 26.2 Å². The van der Waals surface area contributed by atoms with Crippen molar-refractivity contribution in [3.05, 3.63) is 34.6 Å². The maximum Gasteiger partial charge on any atom is 0.308 e. The Kier molecular flexibility index (Phi) is 10.2. The standard InChI is InChI=1S/C18H25ClFN3O2.HI/c1-3-21-18(23-11-8-13(9-12-23)17(24)25-2)22-10-7-14-15(19)5-4-6-16(14)20;/h4-6,13H,3,7-12H2,1-2H3,(H,21,22);1H. The molecule has 0 saturated carbocycles. The van der Waals surface area contributed by atoms with Crippen LogP contribution in [0.2, 0.25) is 5.02 Å². The van der Waals surface area contributed by atoms with Crippen molar-refractivity contribution in [3.63, 3.8) is 0 Å². The summed E-state index contributed by atoms with van der Waals surface area (Å²) in [4.78, 5) is 18.4. The van der Waals surface area contributed by atoms with Crippen LogP contribution in [-0.2, 0) is 16.0 Å². The van der Waals surface area contributed by atoms with Crippen molar-refractivity contribution in [1.82, 2.24) is 10.2 Å². The minimum absolute atomic E-state index is 0. The molecule has 1 heterocycles. The maximum atomic E-state index is 13.8. The van der Waals surface area contributed by atoms with Crippen molar-refractivity contribution in [2.75, 3.05) is 33.3 Å². The van der Waals surface area contributed by atoms with E-state index in [1.165, 1.54) is 13.2 Å². The van der Waals surface area contributed by atoms with Crippen LogP contribution in [0.1, 0.15) is 25.3 Å². The van der Waals surface area contributed by atoms with Gasteiger partial charge in [0, 0.05) is 36.8 Å². The number of rotatable bonds is 5. The minimum Gasteiger partial charge on any atom is -0.469 e. The highest BCUT2D eigenvalue weighted by Crippen LogP contribution is 2.20. The fourth-order valence-corrected chi connectivity index (χ4v) is 3.22. The molecule has 0 aliphatic carbocycles. The number of halogens is 3. The van der Waals surface area contributed by atoms with Crippen LogP contribution in [0, 0.1) is 11.7 Å². The van der Waals surface area contributed by atoms with Gasteiger partial charge in [-0.3, -0.25) is 9.79 Å². The molecule has 1 aliphatic rings. The van der Waals surface area contributed by atoms with E-state index in [4.69, 9.17) is 16.3 Å². The summed E-state index contributed by atoms with van der Waals surface area (Å²) in [6, 6.07) is 4.69. The molecular weight excluding hydrogens is 472 g/mol. The number of guanidine groups is 1. The lowest BCUT2D eigenvalue weighted by Gasteiger charge is -2.33. The number of methoxy groups -OCH3 is 1. The third kappa shape index (κ3) is 6.26. The van der Waals surface area contributed by atoms with Gasteiger partial charge >= 0.3 is 5.97 Å². The first-order valence-corrected chi connectivity index (χ1v) is 8.98. The number of benzene rings is 1. The molecule has 5 nitrogen and oxygen atoms in total. The quantitative estimate of drug-likeness (QED) is 0.293. The molecule has 1 aromatic carbocycles. The van der Waals surface area contributed by atoms with Crippen molar-refractivity contribution in [2.24, 2.45) is 10.9 Å². The van der Waals surface area contributed by atoms with Gasteiger partial charge in [0.25, 0.3) is 0 Å². The number of aliphatic imine (C=N–C) groups is 1. The SMILES string of the molecule is CCNC(=NCCc1c(F)cccc1Cl)N1CCC(C(=O)OC)CC1.I. The molecule has 8 heteroatoms. The molecular formula is C18H26ClFIN3O2. The van der Waals surface area contributed by atoms with Gasteiger partial charge in [0.05, 0.1) is 13.0 Å². The van der Waals surface area contributed by atoms with E-state index in [1.54, 1.807) is 12.1 Å². The predicted molar refractivity (Wildman–Crippen MR) is 113 cm³/mol. The molecule has 146 valence electrons. The predicted octanol–water partition coefficient (Wildman–Crippen LogP) is 3.49. The molecule has 0 radical (unpaired) electrons. The van der Waals surface area contributed by atoms with Gasteiger partial charge in [-0.25, -0.2) is 4.39 Å². The molecule has 0 spiro atoms. The van der Waals surface area contributed by atoms with Gasteiger partial charge in [-0.2, -0.15) is 0 Å². The topological polar surface area (TPSA) is 53.9 Å². The van der Waals surface area contributed by atoms with Crippen LogP contribution >= 0.6 is 35.6 Å². The Balaban J connectivity index is 0.00000338. The Hall–Kier alpha value is -1.09. The second kappa shape index (κ2) is 11.6. The normalized spacial score (nSPS) is 15.4. The molecule has 0 unspecified atom stereocenters. The summed E-state index contributed by atoms with van der Waals surface area (Å²) < 4.78 is 18.6. The van der Waals surface area contributed by atoms with Crippen LogP contribution in [0.4, 0.5) is 4.39 Å². The summed E-state index contributed by atoms with van der Waals surface area (Å²) in [7, 11) is 1.42. The smallest absolute Gasteiger partial charge is 0.308 e. The third-order valence-corrected chi connectivity index (χ3v) is 4.70. The fourth-order valence-electron chi connectivity index (χ4n) is 2.96. The van der Waals surface area contributed by atoms with Crippen LogP contribution in [0.3, 0.4) is 0 Å². The molecule has 1 N–H and O–H groups in total. The zero-order valence-corrected chi connectivity index (χ0v) is 18.2. The molecule has 0 atom stereocenters. The molecule has 2 rings (SSSR count). The van der Waals surface area contributed by atoms with E-state index < -0.39 is 0 Å². The number of hydrogen-bond acceptors (Lipinski definition) is 3. The second-order valence-corrected chi connectivity index (χ2v) is 6.38. The first-order valence-electron chi connectivity index (χ1n) is 8.60. The number of likely N-dealkylation sites (tertiary alicyclic amines) is 1. The Morgan fingerprint density at radius 3 is 2.69 bits per heavy atom. The van der Waals surface area contributed by atoms with Crippen molar-refractivity contribution in [1.29, 1.82) is 0 Å². The van der Waals surface area contributed by atoms with Crippen molar-refractivity contribution >= 4 is 47.5 Å². The number of hydrogen-bond donors (Lipinski definition) is 1. The lowest BCUT2D eigenvalue weighted by molar-refractivity contribution is -0.146.